The Morgan fingerprint density at radius 2 is 1.79 bits per heavy atom. The summed E-state index contributed by atoms with van der Waals surface area (Å²) in [5.41, 5.74) is 5.12. The Labute approximate surface area is 217 Å². The number of nitrogens with one attached hydrogen (secondary N) is 1. The molecule has 0 bridgehead atoms. The minimum atomic E-state index is -4.40. The summed E-state index contributed by atoms with van der Waals surface area (Å²) in [5, 5.41) is 3.13. The number of carbonyl (C=O) groups excluding carboxylic acids is 3. The van der Waals surface area contributed by atoms with Crippen LogP contribution in [0, 0.1) is 11.2 Å². The lowest BCUT2D eigenvalue weighted by molar-refractivity contribution is -0.191. The van der Waals surface area contributed by atoms with Crippen LogP contribution < -0.4 is 16.0 Å². The maximum atomic E-state index is 15.5. The van der Waals surface area contributed by atoms with Crippen molar-refractivity contribution in [3.05, 3.63) is 47.5 Å². The predicted octanol–water partition coefficient (Wildman–Crippen LogP) is 3.22. The highest BCUT2D eigenvalue weighted by atomic mass is 19.4. The molecule has 1 aromatic heterocycles. The first-order valence-electron chi connectivity index (χ1n) is 12.1. The van der Waals surface area contributed by atoms with Gasteiger partial charge >= 0.3 is 12.3 Å². The maximum absolute atomic E-state index is 15.5. The average molecular weight is 539 g/mol. The summed E-state index contributed by atoms with van der Waals surface area (Å²) in [6.07, 6.45) is 0.549. The molecule has 9 nitrogen and oxygen atoms in total. The third-order valence-electron chi connectivity index (χ3n) is 6.79. The number of hydrogen-bond acceptors (Lipinski definition) is 8. The molecule has 206 valence electrons. The van der Waals surface area contributed by atoms with E-state index in [-0.39, 0.29) is 48.2 Å². The first-order chi connectivity index (χ1) is 18.0. The fourth-order valence-corrected chi connectivity index (χ4v) is 4.39. The minimum Gasteiger partial charge on any atom is -0.369 e. The van der Waals surface area contributed by atoms with Crippen molar-refractivity contribution in [1.82, 2.24) is 14.9 Å². The molecule has 0 spiro atoms. The van der Waals surface area contributed by atoms with E-state index in [1.165, 1.54) is 18.5 Å². The molecule has 2 heterocycles. The maximum Gasteiger partial charge on any atom is 0.416 e. The summed E-state index contributed by atoms with van der Waals surface area (Å²) in [6.45, 7) is 4.59. The first kappa shape index (κ1) is 29.0. The number of nitrogens with two attached hydrogens (primary N) is 1. The number of nitrogens with zero attached hydrogens (tertiary/aromatic N) is 4. The quantitative estimate of drug-likeness (QED) is 0.467. The van der Waals surface area contributed by atoms with E-state index in [0.29, 0.717) is 12.1 Å². The van der Waals surface area contributed by atoms with Gasteiger partial charge in [0.1, 0.15) is 6.33 Å². The summed E-state index contributed by atoms with van der Waals surface area (Å²) in [4.78, 5) is 39.5. The van der Waals surface area contributed by atoms with E-state index in [4.69, 9.17) is 15.3 Å². The zero-order valence-corrected chi connectivity index (χ0v) is 20.9. The second-order valence-corrected chi connectivity index (χ2v) is 9.90. The van der Waals surface area contributed by atoms with Gasteiger partial charge in [0.25, 0.3) is 0 Å². The van der Waals surface area contributed by atoms with Crippen LogP contribution in [-0.2, 0) is 27.1 Å². The standard InChI is InChI=1S/C24H30F4N6O.CO2/c1-23(8-10-33(11-9-23)13-19(29)35)14-30-21-20(25)22(32-15-31-21)34(18-6-7-18)12-16-2-4-17(5-3-16)24(26,27)28;2-1-3/h2-5,15,18H,6-14H2,1H3,(H2,29,35)(H,30,31,32);. The zero-order chi connectivity index (χ0) is 27.9. The Morgan fingerprint density at radius 1 is 1.18 bits per heavy atom. The van der Waals surface area contributed by atoms with Crippen LogP contribution >= 0.6 is 0 Å². The number of alkyl halides is 3. The molecule has 1 amide bonds. The number of hydrogen-bond donors (Lipinski definition) is 2. The van der Waals surface area contributed by atoms with Gasteiger partial charge in [-0.15, -0.1) is 0 Å². The van der Waals surface area contributed by atoms with E-state index in [2.05, 4.69) is 22.2 Å². The van der Waals surface area contributed by atoms with Crippen LogP contribution in [0.4, 0.5) is 29.2 Å². The van der Waals surface area contributed by atoms with Crippen LogP contribution in [0.1, 0.15) is 43.7 Å². The highest BCUT2D eigenvalue weighted by Crippen LogP contribution is 2.36. The van der Waals surface area contributed by atoms with Gasteiger partial charge in [0.05, 0.1) is 12.1 Å². The molecule has 1 saturated heterocycles. The number of anilines is 2. The number of piperidine rings is 1. The molecule has 1 aromatic carbocycles. The van der Waals surface area contributed by atoms with Crippen LogP contribution in [0.25, 0.3) is 0 Å². The van der Waals surface area contributed by atoms with Crippen molar-refractivity contribution in [3.8, 4) is 0 Å². The van der Waals surface area contributed by atoms with Crippen LogP contribution in [0.15, 0.2) is 30.6 Å². The van der Waals surface area contributed by atoms with Gasteiger partial charge in [-0.2, -0.15) is 27.2 Å². The molecule has 1 saturated carbocycles. The van der Waals surface area contributed by atoms with Crippen molar-refractivity contribution in [1.29, 1.82) is 0 Å². The van der Waals surface area contributed by atoms with Crippen molar-refractivity contribution < 1.29 is 31.9 Å². The molecule has 2 aliphatic rings. The van der Waals surface area contributed by atoms with Crippen molar-refractivity contribution in [2.24, 2.45) is 11.1 Å². The molecule has 13 heteroatoms. The number of carbonyl (C=O) groups is 1. The zero-order valence-electron chi connectivity index (χ0n) is 20.9. The van der Waals surface area contributed by atoms with Gasteiger partial charge in [-0.05, 0) is 61.9 Å². The number of benzene rings is 1. The monoisotopic (exact) mass is 538 g/mol. The molecule has 2 fully saturated rings. The molecule has 1 aliphatic heterocycles. The van der Waals surface area contributed by atoms with Crippen LogP contribution in [0.2, 0.25) is 0 Å². The topological polar surface area (TPSA) is 122 Å². The number of amides is 1. The lowest BCUT2D eigenvalue weighted by Gasteiger charge is -2.39. The predicted molar refractivity (Wildman–Crippen MR) is 129 cm³/mol. The van der Waals surface area contributed by atoms with E-state index < -0.39 is 17.6 Å². The van der Waals surface area contributed by atoms with Gasteiger partial charge in [-0.25, -0.2) is 9.97 Å². The third-order valence-corrected chi connectivity index (χ3v) is 6.79. The van der Waals surface area contributed by atoms with Crippen LogP contribution in [0.3, 0.4) is 0 Å². The van der Waals surface area contributed by atoms with E-state index >= 15 is 4.39 Å². The second kappa shape index (κ2) is 12.3. The lowest BCUT2D eigenvalue weighted by Crippen LogP contribution is -2.44. The lowest BCUT2D eigenvalue weighted by atomic mass is 9.80. The molecule has 4 rings (SSSR count). The van der Waals surface area contributed by atoms with Crippen molar-refractivity contribution in [2.45, 2.75) is 51.4 Å². The average Bonchev–Trinajstić information content (AvgIpc) is 3.69. The molecule has 2 aromatic rings. The van der Waals surface area contributed by atoms with Gasteiger partial charge in [-0.3, -0.25) is 9.69 Å². The fraction of sp³-hybridized carbons (Fsp3) is 0.520. The Balaban J connectivity index is 0.00000127. The molecule has 0 unspecified atom stereocenters. The molecule has 0 atom stereocenters. The Bertz CT molecular complexity index is 1130. The summed E-state index contributed by atoms with van der Waals surface area (Å²) in [6, 6.07) is 5.00. The van der Waals surface area contributed by atoms with Crippen molar-refractivity contribution in [3.63, 3.8) is 0 Å². The molecule has 3 N–H and O–H groups in total. The Morgan fingerprint density at radius 3 is 2.32 bits per heavy atom. The highest BCUT2D eigenvalue weighted by Gasteiger charge is 2.35. The smallest absolute Gasteiger partial charge is 0.369 e. The number of halogens is 4. The number of likely N-dealkylation sites (tertiary alicyclic amines) is 1. The summed E-state index contributed by atoms with van der Waals surface area (Å²) in [7, 11) is 0. The molecular weight excluding hydrogens is 508 g/mol. The summed E-state index contributed by atoms with van der Waals surface area (Å²) < 4.78 is 54.1. The van der Waals surface area contributed by atoms with Crippen LogP contribution in [0.5, 0.6) is 0 Å². The molecule has 0 radical (unpaired) electrons. The number of primary amides is 1. The molecule has 1 aliphatic carbocycles. The van der Waals surface area contributed by atoms with Gasteiger partial charge in [0, 0.05) is 19.1 Å². The first-order valence-corrected chi connectivity index (χ1v) is 12.1. The van der Waals surface area contributed by atoms with Gasteiger partial charge in [-0.1, -0.05) is 19.1 Å². The fourth-order valence-electron chi connectivity index (χ4n) is 4.39. The van der Waals surface area contributed by atoms with E-state index in [0.717, 1.165) is 50.9 Å². The van der Waals surface area contributed by atoms with Gasteiger partial charge in [0.15, 0.2) is 11.6 Å². The van der Waals surface area contributed by atoms with E-state index in [1.54, 1.807) is 4.90 Å². The van der Waals surface area contributed by atoms with Crippen LogP contribution in [-0.4, -0.2) is 59.1 Å². The number of aromatic nitrogens is 2. The molecule has 38 heavy (non-hydrogen) atoms. The number of rotatable bonds is 9. The van der Waals surface area contributed by atoms with Gasteiger partial charge in [0.2, 0.25) is 11.7 Å². The van der Waals surface area contributed by atoms with Crippen molar-refractivity contribution >= 4 is 23.7 Å². The molecular formula is C25H30F4N6O3. The van der Waals surface area contributed by atoms with E-state index in [9.17, 15) is 18.0 Å². The van der Waals surface area contributed by atoms with Gasteiger partial charge < -0.3 is 16.0 Å². The summed E-state index contributed by atoms with van der Waals surface area (Å²) >= 11 is 0. The third kappa shape index (κ3) is 7.96. The normalized spacial score (nSPS) is 17.1. The summed E-state index contributed by atoms with van der Waals surface area (Å²) in [5.74, 6) is -0.667. The Hall–Kier alpha value is -3.57. The minimum absolute atomic E-state index is 0.0849. The SMILES string of the molecule is CC1(CNc2ncnc(N(Cc3ccc(C(F)(F)F)cc3)C3CC3)c2F)CCN(CC(N)=O)CC1.O=C=O. The second-order valence-electron chi connectivity index (χ2n) is 9.90. The van der Waals surface area contributed by atoms with E-state index in [1.807, 2.05) is 4.90 Å². The highest BCUT2D eigenvalue weighted by molar-refractivity contribution is 5.75. The van der Waals surface area contributed by atoms with Crippen molar-refractivity contribution in [2.75, 3.05) is 36.4 Å². The largest absolute Gasteiger partial charge is 0.416 e. The Kier molecular flexibility index (Phi) is 9.40.